The molecule has 52 heavy (non-hydrogen) atoms. The zero-order chi connectivity index (χ0) is 37.7. The molecule has 1 aromatic carbocycles. The molecule has 0 saturated carbocycles. The van der Waals surface area contributed by atoms with Crippen molar-refractivity contribution in [1.82, 2.24) is 45.4 Å². The van der Waals surface area contributed by atoms with Gasteiger partial charge >= 0.3 is 0 Å². The maximum absolute atomic E-state index is 14.2. The van der Waals surface area contributed by atoms with Crippen LogP contribution in [0.1, 0.15) is 71.0 Å². The number of aromatic nitrogens is 3. The number of likely N-dealkylation sites (N-methyl/N-ethyl adjacent to an activating group) is 1. The third kappa shape index (κ3) is 8.82. The summed E-state index contributed by atoms with van der Waals surface area (Å²) < 4.78 is 1.68. The van der Waals surface area contributed by atoms with Gasteiger partial charge in [0.15, 0.2) is 4.96 Å². The summed E-state index contributed by atoms with van der Waals surface area (Å²) in [6.07, 6.45) is 2.08. The first-order valence-corrected chi connectivity index (χ1v) is 18.7. The molecule has 4 N–H and O–H groups in total. The highest BCUT2D eigenvalue weighted by Gasteiger charge is 2.32. The highest BCUT2D eigenvalue weighted by Crippen LogP contribution is 2.24. The Labute approximate surface area is 309 Å². The van der Waals surface area contributed by atoms with Crippen LogP contribution in [0.25, 0.3) is 4.96 Å². The van der Waals surface area contributed by atoms with Gasteiger partial charge < -0.3 is 31.1 Å². The number of rotatable bonds is 4. The lowest BCUT2D eigenvalue weighted by Gasteiger charge is -2.29. The lowest BCUT2D eigenvalue weighted by atomic mass is 10.0. The van der Waals surface area contributed by atoms with Crippen molar-refractivity contribution in [3.63, 3.8) is 0 Å². The van der Waals surface area contributed by atoms with Gasteiger partial charge in [-0.1, -0.05) is 44.2 Å². The molecule has 0 unspecified atom stereocenters. The minimum Gasteiger partial charge on any atom is -0.345 e. The fourth-order valence-corrected chi connectivity index (χ4v) is 7.40. The first-order valence-electron chi connectivity index (χ1n) is 16.9. The van der Waals surface area contributed by atoms with Crippen LogP contribution in [-0.2, 0) is 25.6 Å². The van der Waals surface area contributed by atoms with E-state index < -0.39 is 59.6 Å². The molecular weight excluding hydrogens is 707 g/mol. The van der Waals surface area contributed by atoms with E-state index >= 15 is 0 Å². The monoisotopic (exact) mass is 749 g/mol. The standard InChI is InChI=1S/C35H43N9O6S2/c1-19(2)27-31(48)37-22(5)33(49)42(6)12-13-43(34(50)28-20(3)38-35-44(28)14-15-51-35)17-26(45)39-24(16-23-10-8-7-9-11-23)32-40-25(18-52-32)30(47)36-21(4)29(46)41-27/h7-11,14-15,18-19,21-22,24,27H,12-13,16-17H2,1-6H3,(H,36,47)(H,37,48)(H,39,45)(H,41,46)/t21-,22+,24-,27-/m0/s1. The summed E-state index contributed by atoms with van der Waals surface area (Å²) in [5.41, 5.74) is 1.76. The van der Waals surface area contributed by atoms with E-state index in [1.54, 1.807) is 43.8 Å². The van der Waals surface area contributed by atoms with E-state index in [1.807, 2.05) is 35.7 Å². The van der Waals surface area contributed by atoms with Crippen molar-refractivity contribution >= 4 is 63.1 Å². The Hall–Kier alpha value is -5.16. The number of fused-ring (bicyclic) bond motifs is 3. The van der Waals surface area contributed by atoms with Gasteiger partial charge in [-0.15, -0.1) is 22.7 Å². The van der Waals surface area contributed by atoms with Gasteiger partial charge in [0.05, 0.1) is 18.3 Å². The molecule has 0 fully saturated rings. The van der Waals surface area contributed by atoms with Gasteiger partial charge in [-0.25, -0.2) is 9.97 Å². The van der Waals surface area contributed by atoms with Crippen molar-refractivity contribution in [3.05, 3.63) is 74.9 Å². The summed E-state index contributed by atoms with van der Waals surface area (Å²) in [7, 11) is 1.55. The Balaban J connectivity index is 1.49. The topological polar surface area (TPSA) is 187 Å². The average molecular weight is 750 g/mol. The summed E-state index contributed by atoms with van der Waals surface area (Å²) in [5.74, 6) is -3.48. The summed E-state index contributed by atoms with van der Waals surface area (Å²) in [6.45, 7) is 7.93. The van der Waals surface area contributed by atoms with Crippen LogP contribution in [0.2, 0.25) is 0 Å². The van der Waals surface area contributed by atoms with Gasteiger partial charge in [-0.05, 0) is 38.7 Å². The molecule has 0 aliphatic carbocycles. The Bertz CT molecular complexity index is 1960. The van der Waals surface area contributed by atoms with Crippen LogP contribution in [0, 0.1) is 12.8 Å². The van der Waals surface area contributed by atoms with E-state index in [0.29, 0.717) is 27.8 Å². The molecule has 4 aromatic rings. The lowest BCUT2D eigenvalue weighted by molar-refractivity contribution is -0.136. The van der Waals surface area contributed by atoms with Gasteiger partial charge in [-0.3, -0.25) is 33.2 Å². The fourth-order valence-electron chi connectivity index (χ4n) is 5.79. The van der Waals surface area contributed by atoms with Crippen molar-refractivity contribution in [2.45, 2.75) is 65.2 Å². The first-order chi connectivity index (χ1) is 24.7. The quantitative estimate of drug-likeness (QED) is 0.244. The molecule has 4 atom stereocenters. The zero-order valence-corrected chi connectivity index (χ0v) is 31.5. The second-order valence-corrected chi connectivity index (χ2v) is 14.9. The van der Waals surface area contributed by atoms with E-state index in [2.05, 4.69) is 31.2 Å². The number of hydrogen-bond acceptors (Lipinski definition) is 10. The van der Waals surface area contributed by atoms with Crippen LogP contribution in [0.15, 0.2) is 47.3 Å². The Morgan fingerprint density at radius 3 is 2.37 bits per heavy atom. The highest BCUT2D eigenvalue weighted by molar-refractivity contribution is 7.15. The normalized spacial score (nSPS) is 21.7. The minimum absolute atomic E-state index is 0.0144. The third-order valence-electron chi connectivity index (χ3n) is 8.73. The van der Waals surface area contributed by atoms with Gasteiger partial charge in [0, 0.05) is 37.1 Å². The smallest absolute Gasteiger partial charge is 0.273 e. The van der Waals surface area contributed by atoms with Crippen molar-refractivity contribution in [2.75, 3.05) is 26.7 Å². The van der Waals surface area contributed by atoms with Gasteiger partial charge in [-0.2, -0.15) is 0 Å². The van der Waals surface area contributed by atoms with Crippen LogP contribution in [-0.4, -0.2) is 104 Å². The van der Waals surface area contributed by atoms with Gasteiger partial charge in [0.1, 0.15) is 34.5 Å². The Kier molecular flexibility index (Phi) is 12.1. The number of carbonyl (C=O) groups excluding carboxylic acids is 6. The number of aryl methyl sites for hydroxylation is 1. The van der Waals surface area contributed by atoms with E-state index in [1.165, 1.54) is 46.3 Å². The molecule has 15 nitrogen and oxygen atoms in total. The molecule has 4 heterocycles. The zero-order valence-electron chi connectivity index (χ0n) is 29.8. The van der Waals surface area contributed by atoms with E-state index in [9.17, 15) is 28.8 Å². The highest BCUT2D eigenvalue weighted by atomic mass is 32.1. The lowest BCUT2D eigenvalue weighted by Crippen LogP contribution is -2.57. The van der Waals surface area contributed by atoms with Crippen molar-refractivity contribution in [1.29, 1.82) is 0 Å². The number of hydrogen-bond donors (Lipinski definition) is 4. The molecule has 3 aromatic heterocycles. The summed E-state index contributed by atoms with van der Waals surface area (Å²) in [4.78, 5) is 93.6. The minimum atomic E-state index is -1.02. The number of carbonyl (C=O) groups is 6. The molecule has 17 heteroatoms. The number of thiazole rings is 2. The number of benzene rings is 1. The average Bonchev–Trinajstić information content (AvgIpc) is 3.84. The summed E-state index contributed by atoms with van der Waals surface area (Å²) in [5, 5.41) is 14.8. The molecule has 2 bridgehead atoms. The molecule has 6 amide bonds. The number of nitrogens with zero attached hydrogens (tertiary/aromatic N) is 5. The SMILES string of the molecule is Cc1nc2sccn2c1C(=O)N1CCN(C)C(=O)[C@@H](C)NC(=O)[C@H](C(C)C)NC(=O)[C@H](C)NC(=O)c2csc(n2)[C@H](Cc2ccccc2)NC(=O)C1. The van der Waals surface area contributed by atoms with Crippen molar-refractivity contribution in [2.24, 2.45) is 5.92 Å². The number of imidazole rings is 1. The molecule has 1 aliphatic heterocycles. The van der Waals surface area contributed by atoms with Crippen LogP contribution >= 0.6 is 22.7 Å². The molecule has 0 saturated heterocycles. The predicted octanol–water partition coefficient (Wildman–Crippen LogP) is 1.94. The van der Waals surface area contributed by atoms with Gasteiger partial charge in [0.2, 0.25) is 23.6 Å². The second-order valence-electron chi connectivity index (χ2n) is 13.1. The van der Waals surface area contributed by atoms with E-state index in [0.717, 1.165) is 5.56 Å². The predicted molar refractivity (Wildman–Crippen MR) is 196 cm³/mol. The largest absolute Gasteiger partial charge is 0.345 e. The van der Waals surface area contributed by atoms with Crippen LogP contribution < -0.4 is 21.3 Å². The van der Waals surface area contributed by atoms with Crippen molar-refractivity contribution < 1.29 is 28.8 Å². The number of nitrogens with one attached hydrogen (secondary N) is 4. The van der Waals surface area contributed by atoms with E-state index in [4.69, 9.17) is 0 Å². The van der Waals surface area contributed by atoms with Crippen LogP contribution in [0.5, 0.6) is 0 Å². The first kappa shape index (κ1) is 38.1. The molecule has 276 valence electrons. The Morgan fingerprint density at radius 1 is 0.923 bits per heavy atom. The fraction of sp³-hybridized carbons (Fsp3) is 0.429. The van der Waals surface area contributed by atoms with E-state index in [-0.39, 0.29) is 31.2 Å². The maximum atomic E-state index is 14.2. The van der Waals surface area contributed by atoms with Crippen LogP contribution in [0.4, 0.5) is 0 Å². The summed E-state index contributed by atoms with van der Waals surface area (Å²) >= 11 is 2.55. The molecule has 5 rings (SSSR count). The van der Waals surface area contributed by atoms with Gasteiger partial charge in [0.25, 0.3) is 11.8 Å². The molecule has 1 aliphatic rings. The molecule has 0 radical (unpaired) electrons. The van der Waals surface area contributed by atoms with Crippen molar-refractivity contribution in [3.8, 4) is 0 Å². The summed E-state index contributed by atoms with van der Waals surface area (Å²) in [6, 6.07) is 5.80. The maximum Gasteiger partial charge on any atom is 0.273 e. The van der Waals surface area contributed by atoms with Crippen LogP contribution in [0.3, 0.4) is 0 Å². The number of amides is 6. The second kappa shape index (κ2) is 16.5. The Morgan fingerprint density at radius 2 is 1.65 bits per heavy atom. The molecule has 0 spiro atoms. The third-order valence-corrected chi connectivity index (χ3v) is 10.4. The molecular formula is C35H43N9O6S2.